The lowest BCUT2D eigenvalue weighted by atomic mass is 9.73. The van der Waals surface area contributed by atoms with Gasteiger partial charge in [-0.15, -0.1) is 0 Å². The van der Waals surface area contributed by atoms with E-state index in [4.69, 9.17) is 4.98 Å². The van der Waals surface area contributed by atoms with Crippen LogP contribution in [-0.4, -0.2) is 9.55 Å². The molecule has 1 atom stereocenters. The van der Waals surface area contributed by atoms with Crippen molar-refractivity contribution in [3.63, 3.8) is 0 Å². The number of para-hydroxylation sites is 3. The summed E-state index contributed by atoms with van der Waals surface area (Å²) in [6.45, 7) is 2.22. The third-order valence-electron chi connectivity index (χ3n) is 6.72. The molecule has 0 saturated heterocycles. The molecule has 2 heteroatoms. The zero-order valence-corrected chi connectivity index (χ0v) is 16.1. The second kappa shape index (κ2) is 5.03. The zero-order valence-electron chi connectivity index (χ0n) is 16.1. The largest absolute Gasteiger partial charge is 0.295 e. The van der Waals surface area contributed by atoms with E-state index in [1.54, 1.807) is 0 Å². The molecule has 0 saturated carbocycles. The highest BCUT2D eigenvalue weighted by Gasteiger charge is 2.54. The number of hydrogen-bond donors (Lipinski definition) is 0. The fraction of sp³-hybridized carbons (Fsp3) is 0.0741. The smallest absolute Gasteiger partial charge is 0.134 e. The lowest BCUT2D eigenvalue weighted by Gasteiger charge is -2.27. The molecule has 7 rings (SSSR count). The number of aryl methyl sites for hydroxylation is 1. The van der Waals surface area contributed by atoms with Gasteiger partial charge >= 0.3 is 0 Å². The van der Waals surface area contributed by atoms with Crippen LogP contribution in [0.5, 0.6) is 0 Å². The van der Waals surface area contributed by atoms with Gasteiger partial charge < -0.3 is 0 Å². The molecule has 29 heavy (non-hydrogen) atoms. The summed E-state index contributed by atoms with van der Waals surface area (Å²) in [7, 11) is 0. The van der Waals surface area contributed by atoms with Gasteiger partial charge in [0, 0.05) is 0 Å². The van der Waals surface area contributed by atoms with Gasteiger partial charge in [0.2, 0.25) is 0 Å². The van der Waals surface area contributed by atoms with Crippen molar-refractivity contribution in [1.29, 1.82) is 0 Å². The second-order valence-electron chi connectivity index (χ2n) is 8.07. The molecule has 1 unspecified atom stereocenters. The highest BCUT2D eigenvalue weighted by Crippen LogP contribution is 2.60. The normalized spacial score (nSPS) is 18.0. The molecule has 0 amide bonds. The zero-order chi connectivity index (χ0) is 19.2. The van der Waals surface area contributed by atoms with E-state index in [-0.39, 0.29) is 5.41 Å². The van der Waals surface area contributed by atoms with Crippen LogP contribution in [-0.2, 0) is 5.41 Å². The molecule has 0 N–H and O–H groups in total. The number of fused-ring (bicyclic) bond motifs is 12. The second-order valence-corrected chi connectivity index (χ2v) is 8.07. The Morgan fingerprint density at radius 1 is 0.690 bits per heavy atom. The number of rotatable bonds is 0. The Bertz CT molecular complexity index is 1470. The minimum Gasteiger partial charge on any atom is -0.295 e. The average Bonchev–Trinajstić information content (AvgIpc) is 3.37. The van der Waals surface area contributed by atoms with E-state index in [1.165, 1.54) is 44.6 Å². The number of benzene rings is 4. The van der Waals surface area contributed by atoms with Crippen molar-refractivity contribution in [2.24, 2.45) is 0 Å². The first-order valence-electron chi connectivity index (χ1n) is 10.1. The lowest BCUT2D eigenvalue weighted by molar-refractivity contribution is 0.737. The van der Waals surface area contributed by atoms with Crippen molar-refractivity contribution in [3.05, 3.63) is 119 Å². The van der Waals surface area contributed by atoms with Crippen LogP contribution >= 0.6 is 0 Å². The van der Waals surface area contributed by atoms with Gasteiger partial charge in [-0.3, -0.25) is 4.57 Å². The number of nitrogens with zero attached hydrogens (tertiary/aromatic N) is 2. The van der Waals surface area contributed by atoms with E-state index in [2.05, 4.69) is 102 Å². The first-order chi connectivity index (χ1) is 14.3. The Balaban J connectivity index is 1.77. The van der Waals surface area contributed by atoms with Crippen molar-refractivity contribution < 1.29 is 0 Å². The van der Waals surface area contributed by atoms with Crippen LogP contribution in [0.25, 0.3) is 27.8 Å². The van der Waals surface area contributed by atoms with E-state index in [0.29, 0.717) is 0 Å². The summed E-state index contributed by atoms with van der Waals surface area (Å²) >= 11 is 0. The van der Waals surface area contributed by atoms with Crippen LogP contribution in [0.3, 0.4) is 0 Å². The van der Waals surface area contributed by atoms with Crippen molar-refractivity contribution in [3.8, 4) is 16.8 Å². The number of hydrogen-bond acceptors (Lipinski definition) is 1. The summed E-state index contributed by atoms with van der Waals surface area (Å²) in [5.74, 6) is 1.11. The molecule has 5 aromatic rings. The number of imidazole rings is 1. The maximum absolute atomic E-state index is 5.23. The van der Waals surface area contributed by atoms with Gasteiger partial charge in [-0.2, -0.15) is 0 Å². The molecule has 0 radical (unpaired) electrons. The summed E-state index contributed by atoms with van der Waals surface area (Å²) in [5, 5.41) is 0. The summed E-state index contributed by atoms with van der Waals surface area (Å²) in [4.78, 5) is 5.23. The van der Waals surface area contributed by atoms with E-state index in [1.807, 2.05) is 0 Å². The summed E-state index contributed by atoms with van der Waals surface area (Å²) in [6.07, 6.45) is 0. The van der Waals surface area contributed by atoms with Gasteiger partial charge in [0.25, 0.3) is 0 Å². The Kier molecular flexibility index (Phi) is 2.66. The molecule has 2 nitrogen and oxygen atoms in total. The van der Waals surface area contributed by atoms with Crippen LogP contribution in [0.4, 0.5) is 0 Å². The summed E-state index contributed by atoms with van der Waals surface area (Å²) in [5.41, 5.74) is 11.1. The molecule has 136 valence electrons. The predicted molar refractivity (Wildman–Crippen MR) is 117 cm³/mol. The first kappa shape index (κ1) is 15.3. The topological polar surface area (TPSA) is 17.8 Å². The maximum Gasteiger partial charge on any atom is 0.134 e. The number of aromatic nitrogens is 2. The minimum atomic E-state index is -0.368. The standard InChI is InChI=1S/C27H18N2/c1-17-9-8-13-21-25(17)18-10-2-3-11-19(18)27(21)20-12-4-6-15-23(20)29-24-16-7-5-14-22(24)28-26(27)29/h2-16H,1H3. The molecular formula is C27H18N2. The van der Waals surface area contributed by atoms with Gasteiger partial charge in [-0.25, -0.2) is 4.98 Å². The maximum atomic E-state index is 5.23. The monoisotopic (exact) mass is 370 g/mol. The van der Waals surface area contributed by atoms with Gasteiger partial charge in [0.1, 0.15) is 11.2 Å². The van der Waals surface area contributed by atoms with Crippen LogP contribution in [0.1, 0.15) is 28.1 Å². The Labute approximate surface area is 169 Å². The van der Waals surface area contributed by atoms with Crippen molar-refractivity contribution in [2.75, 3.05) is 0 Å². The van der Waals surface area contributed by atoms with Crippen LogP contribution in [0.15, 0.2) is 91.0 Å². The molecular weight excluding hydrogens is 352 g/mol. The van der Waals surface area contributed by atoms with Crippen LogP contribution < -0.4 is 0 Å². The molecule has 2 heterocycles. The highest BCUT2D eigenvalue weighted by atomic mass is 15.1. The van der Waals surface area contributed by atoms with Gasteiger partial charge in [-0.05, 0) is 58.5 Å². The predicted octanol–water partition coefficient (Wildman–Crippen LogP) is 6.01. The molecule has 0 fully saturated rings. The molecule has 0 bridgehead atoms. The molecule has 1 aliphatic carbocycles. The Hall–Kier alpha value is -3.65. The van der Waals surface area contributed by atoms with Crippen molar-refractivity contribution >= 4 is 11.0 Å². The van der Waals surface area contributed by atoms with E-state index >= 15 is 0 Å². The van der Waals surface area contributed by atoms with E-state index in [9.17, 15) is 0 Å². The van der Waals surface area contributed by atoms with Crippen LogP contribution in [0, 0.1) is 6.92 Å². The van der Waals surface area contributed by atoms with Gasteiger partial charge in [0.15, 0.2) is 0 Å². The van der Waals surface area contributed by atoms with Gasteiger partial charge in [-0.1, -0.05) is 72.8 Å². The fourth-order valence-corrected chi connectivity index (χ4v) is 5.67. The Morgan fingerprint density at radius 2 is 1.41 bits per heavy atom. The van der Waals surface area contributed by atoms with Crippen molar-refractivity contribution in [2.45, 2.75) is 12.3 Å². The SMILES string of the molecule is Cc1cccc2c1-c1ccccc1C21c2ccccc2-n2c1nc1ccccc12. The van der Waals surface area contributed by atoms with Crippen molar-refractivity contribution in [1.82, 2.24) is 9.55 Å². The third-order valence-corrected chi connectivity index (χ3v) is 6.72. The molecule has 4 aromatic carbocycles. The van der Waals surface area contributed by atoms with Crippen LogP contribution in [0.2, 0.25) is 0 Å². The van der Waals surface area contributed by atoms with E-state index < -0.39 is 0 Å². The summed E-state index contributed by atoms with van der Waals surface area (Å²) < 4.78 is 2.37. The first-order valence-corrected chi connectivity index (χ1v) is 10.1. The fourth-order valence-electron chi connectivity index (χ4n) is 5.67. The van der Waals surface area contributed by atoms with Gasteiger partial charge in [0.05, 0.1) is 16.7 Å². The molecule has 2 aliphatic rings. The minimum absolute atomic E-state index is 0.368. The molecule has 1 spiro atoms. The summed E-state index contributed by atoms with van der Waals surface area (Å²) in [6, 6.07) is 32.9. The quantitative estimate of drug-likeness (QED) is 0.320. The average molecular weight is 370 g/mol. The highest BCUT2D eigenvalue weighted by molar-refractivity contribution is 5.92. The molecule has 1 aliphatic heterocycles. The lowest BCUT2D eigenvalue weighted by Crippen LogP contribution is -2.27. The molecule has 1 aromatic heterocycles. The third kappa shape index (κ3) is 1.59. The Morgan fingerprint density at radius 3 is 2.34 bits per heavy atom. The van der Waals surface area contributed by atoms with E-state index in [0.717, 1.165) is 11.3 Å².